The summed E-state index contributed by atoms with van der Waals surface area (Å²) in [4.78, 5) is 1.56. The predicted octanol–water partition coefficient (Wildman–Crippen LogP) is 1.95. The lowest BCUT2D eigenvalue weighted by Gasteiger charge is -2.26. The van der Waals surface area contributed by atoms with Gasteiger partial charge in [0.25, 0.3) is 0 Å². The average molecular weight is 277 g/mol. The van der Waals surface area contributed by atoms with E-state index in [1.807, 2.05) is 7.05 Å². The fourth-order valence-electron chi connectivity index (χ4n) is 4.24. The van der Waals surface area contributed by atoms with E-state index in [1.165, 1.54) is 38.5 Å². The SMILES string of the molecule is CCCNC(Cc1nnn(C)n1)CC1CC2CCC1C2. The summed E-state index contributed by atoms with van der Waals surface area (Å²) in [6, 6.07) is 0.517. The summed E-state index contributed by atoms with van der Waals surface area (Å²) < 4.78 is 0. The lowest BCUT2D eigenvalue weighted by molar-refractivity contribution is 0.275. The Kier molecular flexibility index (Phi) is 4.34. The zero-order chi connectivity index (χ0) is 13.9. The zero-order valence-corrected chi connectivity index (χ0v) is 12.8. The maximum absolute atomic E-state index is 4.34. The molecule has 0 radical (unpaired) electrons. The molecule has 4 unspecified atom stereocenters. The molecule has 2 aliphatic carbocycles. The summed E-state index contributed by atoms with van der Waals surface area (Å²) in [5, 5.41) is 16.1. The molecule has 1 aromatic heterocycles. The van der Waals surface area contributed by atoms with E-state index in [1.54, 1.807) is 4.80 Å². The van der Waals surface area contributed by atoms with Gasteiger partial charge in [0.1, 0.15) is 0 Å². The maximum Gasteiger partial charge on any atom is 0.176 e. The molecule has 2 bridgehead atoms. The molecule has 0 aromatic carbocycles. The number of aryl methyl sites for hydroxylation is 1. The summed E-state index contributed by atoms with van der Waals surface area (Å²) in [6.07, 6.45) is 9.30. The van der Waals surface area contributed by atoms with Crippen molar-refractivity contribution >= 4 is 0 Å². The van der Waals surface area contributed by atoms with Crippen molar-refractivity contribution in [2.75, 3.05) is 6.54 Å². The molecule has 5 nitrogen and oxygen atoms in total. The minimum Gasteiger partial charge on any atom is -0.314 e. The van der Waals surface area contributed by atoms with Gasteiger partial charge in [-0.1, -0.05) is 13.3 Å². The fourth-order valence-corrected chi connectivity index (χ4v) is 4.24. The molecule has 0 aliphatic heterocycles. The third kappa shape index (κ3) is 3.19. The van der Waals surface area contributed by atoms with Crippen LogP contribution in [0.3, 0.4) is 0 Å². The molecular weight excluding hydrogens is 250 g/mol. The van der Waals surface area contributed by atoms with Crippen LogP contribution in [0.25, 0.3) is 0 Å². The molecule has 1 N–H and O–H groups in total. The van der Waals surface area contributed by atoms with Gasteiger partial charge in [0.2, 0.25) is 0 Å². The van der Waals surface area contributed by atoms with Crippen LogP contribution in [0, 0.1) is 17.8 Å². The van der Waals surface area contributed by atoms with Gasteiger partial charge in [-0.3, -0.25) is 0 Å². The Morgan fingerprint density at radius 2 is 2.25 bits per heavy atom. The van der Waals surface area contributed by atoms with Gasteiger partial charge >= 0.3 is 0 Å². The van der Waals surface area contributed by atoms with Crippen LogP contribution < -0.4 is 5.32 Å². The van der Waals surface area contributed by atoms with Crippen molar-refractivity contribution in [2.24, 2.45) is 24.8 Å². The van der Waals surface area contributed by atoms with Crippen molar-refractivity contribution in [1.82, 2.24) is 25.5 Å². The molecule has 2 saturated carbocycles. The van der Waals surface area contributed by atoms with Gasteiger partial charge in [0.05, 0.1) is 7.05 Å². The quantitative estimate of drug-likeness (QED) is 0.827. The third-order valence-corrected chi connectivity index (χ3v) is 5.13. The van der Waals surface area contributed by atoms with Crippen LogP contribution in [0.2, 0.25) is 0 Å². The lowest BCUT2D eigenvalue weighted by Crippen LogP contribution is -2.35. The molecule has 112 valence electrons. The number of nitrogens with zero attached hydrogens (tertiary/aromatic N) is 4. The highest BCUT2D eigenvalue weighted by molar-refractivity contribution is 4.94. The van der Waals surface area contributed by atoms with Gasteiger partial charge in [-0.15, -0.1) is 10.2 Å². The van der Waals surface area contributed by atoms with Gasteiger partial charge in [0.15, 0.2) is 5.82 Å². The van der Waals surface area contributed by atoms with Crippen LogP contribution >= 0.6 is 0 Å². The van der Waals surface area contributed by atoms with E-state index in [9.17, 15) is 0 Å². The molecule has 1 heterocycles. The van der Waals surface area contributed by atoms with E-state index in [4.69, 9.17) is 0 Å². The molecule has 1 aromatic rings. The summed E-state index contributed by atoms with van der Waals surface area (Å²) >= 11 is 0. The van der Waals surface area contributed by atoms with E-state index >= 15 is 0 Å². The topological polar surface area (TPSA) is 55.6 Å². The van der Waals surface area contributed by atoms with Crippen molar-refractivity contribution in [1.29, 1.82) is 0 Å². The number of rotatable bonds is 7. The molecule has 0 spiro atoms. The first-order valence-corrected chi connectivity index (χ1v) is 8.20. The molecule has 0 saturated heterocycles. The first kappa shape index (κ1) is 14.0. The van der Waals surface area contributed by atoms with E-state index in [-0.39, 0.29) is 0 Å². The van der Waals surface area contributed by atoms with Crippen LogP contribution in [-0.4, -0.2) is 32.8 Å². The van der Waals surface area contributed by atoms with Gasteiger partial charge < -0.3 is 5.32 Å². The molecule has 20 heavy (non-hydrogen) atoms. The molecule has 5 heteroatoms. The molecule has 0 amide bonds. The summed E-state index contributed by atoms with van der Waals surface area (Å²) in [5.74, 6) is 3.84. The number of fused-ring (bicyclic) bond motifs is 2. The van der Waals surface area contributed by atoms with Crippen LogP contribution in [0.5, 0.6) is 0 Å². The van der Waals surface area contributed by atoms with Gasteiger partial charge in [0, 0.05) is 12.5 Å². The first-order valence-electron chi connectivity index (χ1n) is 8.20. The summed E-state index contributed by atoms with van der Waals surface area (Å²) in [7, 11) is 1.83. The minimum atomic E-state index is 0.517. The van der Waals surface area contributed by atoms with Crippen molar-refractivity contribution in [3.8, 4) is 0 Å². The second kappa shape index (κ2) is 6.20. The smallest absolute Gasteiger partial charge is 0.176 e. The molecule has 3 rings (SSSR count). The van der Waals surface area contributed by atoms with E-state index < -0.39 is 0 Å². The predicted molar refractivity (Wildman–Crippen MR) is 78.1 cm³/mol. The highest BCUT2D eigenvalue weighted by atomic mass is 15.6. The van der Waals surface area contributed by atoms with Crippen molar-refractivity contribution in [3.63, 3.8) is 0 Å². The van der Waals surface area contributed by atoms with E-state index in [0.717, 1.165) is 36.5 Å². The fraction of sp³-hybridized carbons (Fsp3) is 0.933. The second-order valence-corrected chi connectivity index (χ2v) is 6.72. The van der Waals surface area contributed by atoms with E-state index in [0.29, 0.717) is 6.04 Å². The summed E-state index contributed by atoms with van der Waals surface area (Å²) in [5.41, 5.74) is 0. The number of nitrogens with one attached hydrogen (secondary N) is 1. The van der Waals surface area contributed by atoms with Crippen molar-refractivity contribution in [2.45, 2.75) is 57.9 Å². The maximum atomic E-state index is 4.34. The normalized spacial score (nSPS) is 30.0. The first-order chi connectivity index (χ1) is 9.74. The zero-order valence-electron chi connectivity index (χ0n) is 12.8. The van der Waals surface area contributed by atoms with Crippen molar-refractivity contribution < 1.29 is 0 Å². The third-order valence-electron chi connectivity index (χ3n) is 5.13. The lowest BCUT2D eigenvalue weighted by atomic mass is 9.83. The second-order valence-electron chi connectivity index (χ2n) is 6.72. The Morgan fingerprint density at radius 1 is 1.35 bits per heavy atom. The molecule has 2 fully saturated rings. The summed E-state index contributed by atoms with van der Waals surface area (Å²) in [6.45, 7) is 3.31. The van der Waals surface area contributed by atoms with Crippen LogP contribution in [0.15, 0.2) is 0 Å². The van der Waals surface area contributed by atoms with Crippen LogP contribution in [-0.2, 0) is 13.5 Å². The van der Waals surface area contributed by atoms with Crippen LogP contribution in [0.1, 0.15) is 51.3 Å². The minimum absolute atomic E-state index is 0.517. The van der Waals surface area contributed by atoms with E-state index in [2.05, 4.69) is 27.7 Å². The Labute approximate surface area is 121 Å². The van der Waals surface area contributed by atoms with Gasteiger partial charge in [-0.2, -0.15) is 4.80 Å². The molecule has 4 atom stereocenters. The Bertz CT molecular complexity index is 430. The Balaban J connectivity index is 1.57. The molecule has 2 aliphatic rings. The van der Waals surface area contributed by atoms with Gasteiger partial charge in [-0.05, 0) is 61.6 Å². The highest BCUT2D eigenvalue weighted by Crippen LogP contribution is 2.49. The molecular formula is C15H27N5. The average Bonchev–Trinajstić information content (AvgIpc) is 3.13. The van der Waals surface area contributed by atoms with Crippen molar-refractivity contribution in [3.05, 3.63) is 5.82 Å². The standard InChI is InChI=1S/C15H27N5/c1-3-6-16-14(10-15-17-19-20(2)18-15)9-13-8-11-4-5-12(13)7-11/h11-14,16H,3-10H2,1-2H3. The Morgan fingerprint density at radius 3 is 2.85 bits per heavy atom. The monoisotopic (exact) mass is 277 g/mol. The van der Waals surface area contributed by atoms with Crippen LogP contribution in [0.4, 0.5) is 0 Å². The number of tetrazole rings is 1. The van der Waals surface area contributed by atoms with Gasteiger partial charge in [-0.25, -0.2) is 0 Å². The largest absolute Gasteiger partial charge is 0.314 e. The number of aromatic nitrogens is 4. The Hall–Kier alpha value is -0.970. The highest BCUT2D eigenvalue weighted by Gasteiger charge is 2.40. The number of hydrogen-bond donors (Lipinski definition) is 1. The number of hydrogen-bond acceptors (Lipinski definition) is 4.